The predicted molar refractivity (Wildman–Crippen MR) is 71.5 cm³/mol. The third kappa shape index (κ3) is 2.76. The van der Waals surface area contributed by atoms with Crippen LogP contribution in [0.4, 0.5) is 0 Å². The van der Waals surface area contributed by atoms with Gasteiger partial charge in [-0.25, -0.2) is 0 Å². The number of rotatable bonds is 3. The van der Waals surface area contributed by atoms with Gasteiger partial charge >= 0.3 is 0 Å². The zero-order valence-electron chi connectivity index (χ0n) is 10.0. The molecule has 1 N–H and O–H groups in total. The topological polar surface area (TPSA) is 59.2 Å². The summed E-state index contributed by atoms with van der Waals surface area (Å²) in [5.41, 5.74) is 0.909. The van der Waals surface area contributed by atoms with Crippen molar-refractivity contribution < 1.29 is 9.63 Å². The van der Waals surface area contributed by atoms with E-state index in [1.165, 1.54) is 0 Å². The molecule has 6 heteroatoms. The summed E-state index contributed by atoms with van der Waals surface area (Å²) in [6.07, 6.45) is 1.67. The Morgan fingerprint density at radius 3 is 2.79 bits per heavy atom. The summed E-state index contributed by atoms with van der Waals surface area (Å²) in [6.45, 7) is 0. The van der Waals surface area contributed by atoms with Gasteiger partial charge < -0.3 is 9.63 Å². The summed E-state index contributed by atoms with van der Waals surface area (Å²) >= 11 is 12.0. The first-order chi connectivity index (χ1) is 9.11. The van der Waals surface area contributed by atoms with E-state index >= 15 is 0 Å². The Bertz CT molecular complexity index is 594. The average Bonchev–Trinajstić information content (AvgIpc) is 2.77. The highest BCUT2D eigenvalue weighted by Crippen LogP contribution is 2.35. The first-order valence-corrected chi connectivity index (χ1v) is 6.82. The minimum Gasteiger partial charge on any atom is -0.393 e. The molecular formula is C13H12Cl2N2O2. The highest BCUT2D eigenvalue weighted by atomic mass is 35.5. The van der Waals surface area contributed by atoms with Crippen molar-refractivity contribution in [1.82, 2.24) is 10.1 Å². The number of halogens is 2. The Labute approximate surface area is 120 Å². The van der Waals surface area contributed by atoms with Crippen LogP contribution >= 0.6 is 23.2 Å². The molecule has 1 saturated carbocycles. The molecule has 0 aliphatic heterocycles. The highest BCUT2D eigenvalue weighted by Gasteiger charge is 2.32. The molecule has 0 atom stereocenters. The molecule has 1 aromatic heterocycles. The Morgan fingerprint density at radius 1 is 1.32 bits per heavy atom. The molecule has 100 valence electrons. The number of hydrogen-bond donors (Lipinski definition) is 1. The van der Waals surface area contributed by atoms with Gasteiger partial charge in [0, 0.05) is 22.4 Å². The lowest BCUT2D eigenvalue weighted by Gasteiger charge is -2.27. The lowest BCUT2D eigenvalue weighted by atomic mass is 9.82. The van der Waals surface area contributed by atoms with Gasteiger partial charge in [0.1, 0.15) is 0 Å². The molecule has 3 rings (SSSR count). The van der Waals surface area contributed by atoms with Gasteiger partial charge in [-0.3, -0.25) is 0 Å². The molecule has 19 heavy (non-hydrogen) atoms. The second-order valence-corrected chi connectivity index (χ2v) is 5.63. The predicted octanol–water partition coefficient (Wildman–Crippen LogP) is 3.21. The van der Waals surface area contributed by atoms with E-state index in [0.717, 1.165) is 5.56 Å². The Hall–Kier alpha value is -1.10. The fraction of sp³-hybridized carbons (Fsp3) is 0.385. The van der Waals surface area contributed by atoms with Gasteiger partial charge in [0.05, 0.1) is 6.10 Å². The molecule has 0 saturated heterocycles. The van der Waals surface area contributed by atoms with Crippen molar-refractivity contribution in [3.8, 4) is 0 Å². The van der Waals surface area contributed by atoms with Gasteiger partial charge in [-0.1, -0.05) is 34.4 Å². The van der Waals surface area contributed by atoms with Crippen LogP contribution in [0.25, 0.3) is 0 Å². The zero-order chi connectivity index (χ0) is 13.4. The van der Waals surface area contributed by atoms with Crippen LogP contribution in [0.3, 0.4) is 0 Å². The van der Waals surface area contributed by atoms with E-state index in [-0.39, 0.29) is 12.0 Å². The summed E-state index contributed by atoms with van der Waals surface area (Å²) in [5, 5.41) is 14.4. The van der Waals surface area contributed by atoms with Crippen LogP contribution < -0.4 is 0 Å². The zero-order valence-corrected chi connectivity index (χ0v) is 11.5. The molecule has 1 aliphatic rings. The maximum absolute atomic E-state index is 9.26. The number of aliphatic hydroxyl groups excluding tert-OH is 1. The number of aliphatic hydroxyl groups is 1. The molecule has 2 aromatic rings. The molecule has 0 unspecified atom stereocenters. The van der Waals surface area contributed by atoms with Gasteiger partial charge in [0.15, 0.2) is 5.82 Å². The van der Waals surface area contributed by atoms with Crippen LogP contribution in [-0.4, -0.2) is 21.4 Å². The van der Waals surface area contributed by atoms with E-state index in [4.69, 9.17) is 27.7 Å². The molecule has 1 aliphatic carbocycles. The van der Waals surface area contributed by atoms with Gasteiger partial charge in [-0.2, -0.15) is 4.98 Å². The maximum Gasteiger partial charge on any atom is 0.229 e. The van der Waals surface area contributed by atoms with Crippen molar-refractivity contribution in [2.75, 3.05) is 0 Å². The lowest BCUT2D eigenvalue weighted by molar-refractivity contribution is 0.0625. The normalized spacial score (nSPS) is 22.3. The van der Waals surface area contributed by atoms with Crippen molar-refractivity contribution in [3.05, 3.63) is 45.5 Å². The maximum atomic E-state index is 9.26. The van der Waals surface area contributed by atoms with Crippen LogP contribution in [0.15, 0.2) is 22.7 Å². The smallest absolute Gasteiger partial charge is 0.229 e. The van der Waals surface area contributed by atoms with Gasteiger partial charge in [0.2, 0.25) is 5.89 Å². The van der Waals surface area contributed by atoms with Gasteiger partial charge in [0.25, 0.3) is 0 Å². The third-order valence-electron chi connectivity index (χ3n) is 3.31. The molecule has 1 aromatic carbocycles. The van der Waals surface area contributed by atoms with Gasteiger partial charge in [-0.15, -0.1) is 0 Å². The van der Waals surface area contributed by atoms with Crippen LogP contribution in [-0.2, 0) is 6.42 Å². The van der Waals surface area contributed by atoms with Crippen LogP contribution in [0.2, 0.25) is 10.0 Å². The van der Waals surface area contributed by atoms with Crippen molar-refractivity contribution in [2.45, 2.75) is 31.3 Å². The molecular weight excluding hydrogens is 287 g/mol. The van der Waals surface area contributed by atoms with Crippen LogP contribution in [0.5, 0.6) is 0 Å². The lowest BCUT2D eigenvalue weighted by Crippen LogP contribution is -2.26. The molecule has 0 radical (unpaired) electrons. The molecule has 0 amide bonds. The van der Waals surface area contributed by atoms with E-state index in [1.807, 2.05) is 6.07 Å². The standard InChI is InChI=1S/C13H12Cl2N2O2/c14-9-2-1-7(11(15)6-9)5-12-16-13(19-17-12)8-3-10(18)4-8/h1-2,6,8,10,18H,3-5H2. The summed E-state index contributed by atoms with van der Waals surface area (Å²) in [6, 6.07) is 5.33. The molecule has 0 spiro atoms. The van der Waals surface area contributed by atoms with E-state index in [0.29, 0.717) is 41.0 Å². The summed E-state index contributed by atoms with van der Waals surface area (Å²) in [7, 11) is 0. The fourth-order valence-corrected chi connectivity index (χ4v) is 2.61. The van der Waals surface area contributed by atoms with Crippen molar-refractivity contribution in [3.63, 3.8) is 0 Å². The summed E-state index contributed by atoms with van der Waals surface area (Å²) in [4.78, 5) is 4.35. The van der Waals surface area contributed by atoms with Gasteiger partial charge in [-0.05, 0) is 30.5 Å². The first-order valence-electron chi connectivity index (χ1n) is 6.06. The minimum absolute atomic E-state index is 0.192. The van der Waals surface area contributed by atoms with Crippen molar-refractivity contribution in [1.29, 1.82) is 0 Å². The van der Waals surface area contributed by atoms with E-state index in [1.54, 1.807) is 12.1 Å². The fourth-order valence-electron chi connectivity index (χ4n) is 2.13. The largest absolute Gasteiger partial charge is 0.393 e. The molecule has 0 bridgehead atoms. The molecule has 4 nitrogen and oxygen atoms in total. The van der Waals surface area contributed by atoms with E-state index in [9.17, 15) is 5.11 Å². The Morgan fingerprint density at radius 2 is 2.11 bits per heavy atom. The van der Waals surface area contributed by atoms with Crippen molar-refractivity contribution in [2.24, 2.45) is 0 Å². The minimum atomic E-state index is -0.231. The third-order valence-corrected chi connectivity index (χ3v) is 3.90. The quantitative estimate of drug-likeness (QED) is 0.945. The second kappa shape index (κ2) is 5.12. The molecule has 1 fully saturated rings. The second-order valence-electron chi connectivity index (χ2n) is 4.78. The first kappa shape index (κ1) is 12.9. The number of aromatic nitrogens is 2. The van der Waals surface area contributed by atoms with Crippen molar-refractivity contribution >= 4 is 23.2 Å². The summed E-state index contributed by atoms with van der Waals surface area (Å²) in [5.74, 6) is 1.39. The highest BCUT2D eigenvalue weighted by molar-refractivity contribution is 6.35. The number of hydrogen-bond acceptors (Lipinski definition) is 4. The number of benzene rings is 1. The van der Waals surface area contributed by atoms with E-state index < -0.39 is 0 Å². The van der Waals surface area contributed by atoms with E-state index in [2.05, 4.69) is 10.1 Å². The average molecular weight is 299 g/mol. The SMILES string of the molecule is OC1CC(c2nc(Cc3ccc(Cl)cc3Cl)no2)C1. The Balaban J connectivity index is 1.73. The van der Waals surface area contributed by atoms with Crippen LogP contribution in [0, 0.1) is 0 Å². The summed E-state index contributed by atoms with van der Waals surface area (Å²) < 4.78 is 5.21. The Kier molecular flexibility index (Phi) is 3.48. The number of nitrogens with zero attached hydrogens (tertiary/aromatic N) is 2. The van der Waals surface area contributed by atoms with Crippen LogP contribution in [0.1, 0.15) is 36.0 Å². The monoisotopic (exact) mass is 298 g/mol. The molecule has 1 heterocycles.